The molecule has 1 fully saturated rings. The van der Waals surface area contributed by atoms with Crippen LogP contribution in [0.3, 0.4) is 0 Å². The van der Waals surface area contributed by atoms with Gasteiger partial charge in [0.25, 0.3) is 5.91 Å². The SMILES string of the molecule is COCCN(C(=O)c1csnn1)[C@@H](C(=O)NC1CCCC1)c1c(F)cccc1Cl. The quantitative estimate of drug-likeness (QED) is 0.681. The van der Waals surface area contributed by atoms with Gasteiger partial charge in [0.2, 0.25) is 5.91 Å². The van der Waals surface area contributed by atoms with Crippen LogP contribution in [-0.2, 0) is 9.53 Å². The number of carbonyl (C=O) groups excluding carboxylic acids is 2. The molecule has 2 amide bonds. The molecule has 3 rings (SSSR count). The lowest BCUT2D eigenvalue weighted by molar-refractivity contribution is -0.126. The van der Waals surface area contributed by atoms with Gasteiger partial charge < -0.3 is 15.0 Å². The van der Waals surface area contributed by atoms with Crippen molar-refractivity contribution in [2.24, 2.45) is 0 Å². The van der Waals surface area contributed by atoms with Crippen LogP contribution >= 0.6 is 23.1 Å². The summed E-state index contributed by atoms with van der Waals surface area (Å²) in [7, 11) is 1.48. The highest BCUT2D eigenvalue weighted by Crippen LogP contribution is 2.32. The molecule has 1 aromatic carbocycles. The van der Waals surface area contributed by atoms with Gasteiger partial charge in [-0.25, -0.2) is 4.39 Å². The van der Waals surface area contributed by atoms with E-state index in [-0.39, 0.29) is 35.5 Å². The van der Waals surface area contributed by atoms with Crippen molar-refractivity contribution in [1.82, 2.24) is 19.8 Å². The average molecular weight is 441 g/mol. The second-order valence-corrected chi connectivity index (χ2v) is 7.83. The van der Waals surface area contributed by atoms with Crippen LogP contribution in [-0.4, -0.2) is 52.6 Å². The molecule has 1 N–H and O–H groups in total. The van der Waals surface area contributed by atoms with Crippen molar-refractivity contribution < 1.29 is 18.7 Å². The number of carbonyl (C=O) groups is 2. The first-order valence-corrected chi connectivity index (χ1v) is 10.6. The van der Waals surface area contributed by atoms with Crippen molar-refractivity contribution in [1.29, 1.82) is 0 Å². The molecule has 0 saturated heterocycles. The predicted octanol–water partition coefficient (Wildman–Crippen LogP) is 3.22. The summed E-state index contributed by atoms with van der Waals surface area (Å²) in [6.45, 7) is 0.211. The van der Waals surface area contributed by atoms with E-state index in [9.17, 15) is 14.0 Å². The number of nitrogens with one attached hydrogen (secondary N) is 1. The van der Waals surface area contributed by atoms with Crippen molar-refractivity contribution in [3.8, 4) is 0 Å². The number of aromatic nitrogens is 2. The Morgan fingerprint density at radius 1 is 1.41 bits per heavy atom. The Balaban J connectivity index is 2.02. The van der Waals surface area contributed by atoms with Crippen molar-refractivity contribution in [2.45, 2.75) is 37.8 Å². The summed E-state index contributed by atoms with van der Waals surface area (Å²) in [5.41, 5.74) is 0.0366. The molecule has 1 aliphatic rings. The summed E-state index contributed by atoms with van der Waals surface area (Å²) in [5, 5.41) is 8.32. The van der Waals surface area contributed by atoms with Crippen LogP contribution in [0.1, 0.15) is 47.8 Å². The molecule has 1 saturated carbocycles. The van der Waals surface area contributed by atoms with Crippen molar-refractivity contribution in [2.75, 3.05) is 20.3 Å². The van der Waals surface area contributed by atoms with Gasteiger partial charge in [-0.2, -0.15) is 0 Å². The lowest BCUT2D eigenvalue weighted by Crippen LogP contribution is -2.47. The van der Waals surface area contributed by atoms with Gasteiger partial charge >= 0.3 is 0 Å². The van der Waals surface area contributed by atoms with Crippen molar-refractivity contribution >= 4 is 34.9 Å². The van der Waals surface area contributed by atoms with Gasteiger partial charge in [0.05, 0.1) is 6.61 Å². The molecule has 0 aliphatic heterocycles. The van der Waals surface area contributed by atoms with Crippen LogP contribution < -0.4 is 5.32 Å². The first-order chi connectivity index (χ1) is 14.0. The number of methoxy groups -OCH3 is 1. The van der Waals surface area contributed by atoms with Crippen LogP contribution in [0.4, 0.5) is 4.39 Å². The van der Waals surface area contributed by atoms with Gasteiger partial charge in [-0.05, 0) is 36.5 Å². The molecule has 1 aliphatic carbocycles. The minimum atomic E-state index is -1.26. The molecular weight excluding hydrogens is 419 g/mol. The highest BCUT2D eigenvalue weighted by molar-refractivity contribution is 7.03. The number of rotatable bonds is 8. The van der Waals surface area contributed by atoms with Gasteiger partial charge in [-0.1, -0.05) is 35.0 Å². The van der Waals surface area contributed by atoms with E-state index in [2.05, 4.69) is 14.9 Å². The largest absolute Gasteiger partial charge is 0.383 e. The number of hydrogen-bond donors (Lipinski definition) is 1. The lowest BCUT2D eigenvalue weighted by atomic mass is 10.0. The van der Waals surface area contributed by atoms with E-state index in [1.54, 1.807) is 0 Å². The fourth-order valence-corrected chi connectivity index (χ4v) is 4.19. The Labute approximate surface area is 177 Å². The zero-order valence-corrected chi connectivity index (χ0v) is 17.5. The fraction of sp³-hybridized carbons (Fsp3) is 0.474. The number of amides is 2. The number of ether oxygens (including phenoxy) is 1. The highest BCUT2D eigenvalue weighted by Gasteiger charge is 2.37. The topological polar surface area (TPSA) is 84.4 Å². The van der Waals surface area contributed by atoms with E-state index in [4.69, 9.17) is 16.3 Å². The molecule has 7 nitrogen and oxygen atoms in total. The van der Waals surface area contributed by atoms with E-state index < -0.39 is 23.7 Å². The van der Waals surface area contributed by atoms with Gasteiger partial charge in [0.1, 0.15) is 11.9 Å². The van der Waals surface area contributed by atoms with Crippen LogP contribution in [0.25, 0.3) is 0 Å². The van der Waals surface area contributed by atoms with Crippen LogP contribution in [0.2, 0.25) is 5.02 Å². The molecule has 1 heterocycles. The summed E-state index contributed by atoms with van der Waals surface area (Å²) in [6.07, 6.45) is 3.75. The number of hydrogen-bond acceptors (Lipinski definition) is 6. The van der Waals surface area contributed by atoms with Crippen molar-refractivity contribution in [3.05, 3.63) is 45.7 Å². The maximum atomic E-state index is 14.8. The zero-order chi connectivity index (χ0) is 20.8. The Hall–Kier alpha value is -2.10. The number of benzene rings is 1. The maximum absolute atomic E-state index is 14.8. The van der Waals surface area contributed by atoms with Gasteiger partial charge in [0, 0.05) is 35.7 Å². The first kappa shape index (κ1) is 21.6. The van der Waals surface area contributed by atoms with E-state index in [0.717, 1.165) is 37.2 Å². The Morgan fingerprint density at radius 3 is 2.79 bits per heavy atom. The zero-order valence-electron chi connectivity index (χ0n) is 15.9. The summed E-state index contributed by atoms with van der Waals surface area (Å²) in [6, 6.07) is 2.92. The fourth-order valence-electron chi connectivity index (χ4n) is 3.49. The molecule has 0 unspecified atom stereocenters. The van der Waals surface area contributed by atoms with Crippen LogP contribution in [0.5, 0.6) is 0 Å². The molecule has 0 spiro atoms. The third-order valence-electron chi connectivity index (χ3n) is 4.91. The monoisotopic (exact) mass is 440 g/mol. The molecule has 1 atom stereocenters. The third-order valence-corrected chi connectivity index (χ3v) is 5.75. The van der Waals surface area contributed by atoms with E-state index in [0.29, 0.717) is 0 Å². The summed E-state index contributed by atoms with van der Waals surface area (Å²) in [4.78, 5) is 27.6. The molecule has 29 heavy (non-hydrogen) atoms. The molecule has 0 radical (unpaired) electrons. The molecular formula is C19H22ClFN4O3S. The van der Waals surface area contributed by atoms with E-state index in [1.165, 1.54) is 35.6 Å². The van der Waals surface area contributed by atoms with Crippen molar-refractivity contribution in [3.63, 3.8) is 0 Å². The number of halogens is 2. The normalized spacial score (nSPS) is 15.3. The van der Waals surface area contributed by atoms with Crippen LogP contribution in [0.15, 0.2) is 23.6 Å². The lowest BCUT2D eigenvalue weighted by Gasteiger charge is -2.32. The third kappa shape index (κ3) is 5.09. The maximum Gasteiger partial charge on any atom is 0.276 e. The van der Waals surface area contributed by atoms with E-state index >= 15 is 0 Å². The highest BCUT2D eigenvalue weighted by atomic mass is 35.5. The summed E-state index contributed by atoms with van der Waals surface area (Å²) in [5.74, 6) is -1.67. The smallest absolute Gasteiger partial charge is 0.276 e. The molecule has 10 heteroatoms. The standard InChI is InChI=1S/C19H22ClFN4O3S/c1-28-10-9-25(19(27)15-11-29-24-23-15)17(16-13(20)7-4-8-14(16)21)18(26)22-12-5-2-3-6-12/h4,7-8,11-12,17H,2-3,5-6,9-10H2,1H3,(H,22,26)/t17-/m1/s1. The van der Waals surface area contributed by atoms with Gasteiger partial charge in [-0.3, -0.25) is 9.59 Å². The molecule has 0 bridgehead atoms. The first-order valence-electron chi connectivity index (χ1n) is 9.34. The summed E-state index contributed by atoms with van der Waals surface area (Å²) >= 11 is 7.29. The minimum Gasteiger partial charge on any atom is -0.383 e. The second kappa shape index (κ2) is 10.1. The minimum absolute atomic E-state index is 0.00383. The number of nitrogens with zero attached hydrogens (tertiary/aromatic N) is 3. The Bertz CT molecular complexity index is 826. The van der Waals surface area contributed by atoms with Gasteiger partial charge in [0.15, 0.2) is 5.69 Å². The Morgan fingerprint density at radius 2 is 2.17 bits per heavy atom. The van der Waals surface area contributed by atoms with Gasteiger partial charge in [-0.15, -0.1) is 5.10 Å². The molecule has 2 aromatic rings. The summed E-state index contributed by atoms with van der Waals surface area (Å²) < 4.78 is 23.6. The van der Waals surface area contributed by atoms with Crippen LogP contribution in [0, 0.1) is 5.82 Å². The molecule has 156 valence electrons. The molecule has 1 aromatic heterocycles. The predicted molar refractivity (Wildman–Crippen MR) is 107 cm³/mol. The average Bonchev–Trinajstić information content (AvgIpc) is 3.40. The van der Waals surface area contributed by atoms with E-state index in [1.807, 2.05) is 0 Å². The Kier molecular flexibility index (Phi) is 7.51. The second-order valence-electron chi connectivity index (χ2n) is 6.81.